The number of nitrogens with one attached hydrogen (secondary N) is 1. The lowest BCUT2D eigenvalue weighted by Gasteiger charge is -2.16. The van der Waals surface area contributed by atoms with E-state index in [0.29, 0.717) is 12.2 Å². The van der Waals surface area contributed by atoms with Crippen LogP contribution in [0.4, 0.5) is 4.79 Å². The molecule has 22 heavy (non-hydrogen) atoms. The monoisotopic (exact) mass is 307 g/mol. The van der Waals surface area contributed by atoms with Gasteiger partial charge < -0.3 is 15.2 Å². The molecule has 0 aliphatic carbocycles. The second kappa shape index (κ2) is 9.07. The van der Waals surface area contributed by atoms with Gasteiger partial charge >= 0.3 is 12.1 Å². The third kappa shape index (κ3) is 6.61. The summed E-state index contributed by atoms with van der Waals surface area (Å²) in [5.41, 5.74) is 1.19. The number of ether oxygens (including phenoxy) is 1. The average molecular weight is 307 g/mol. The molecule has 5 heteroatoms. The van der Waals surface area contributed by atoms with Crippen LogP contribution in [0.1, 0.15) is 45.6 Å². The first kappa shape index (κ1) is 18.0. The van der Waals surface area contributed by atoms with Gasteiger partial charge in [-0.05, 0) is 42.9 Å². The van der Waals surface area contributed by atoms with Gasteiger partial charge in [0.2, 0.25) is 0 Å². The van der Waals surface area contributed by atoms with Crippen molar-refractivity contribution >= 4 is 12.1 Å². The summed E-state index contributed by atoms with van der Waals surface area (Å²) in [6, 6.07) is 6.35. The predicted molar refractivity (Wildman–Crippen MR) is 85.1 cm³/mol. The second-order valence-electron chi connectivity index (χ2n) is 5.80. The van der Waals surface area contributed by atoms with Gasteiger partial charge in [0.1, 0.15) is 11.8 Å². The van der Waals surface area contributed by atoms with Crippen molar-refractivity contribution < 1.29 is 19.4 Å². The third-order valence-electron chi connectivity index (χ3n) is 3.25. The zero-order chi connectivity index (χ0) is 16.5. The summed E-state index contributed by atoms with van der Waals surface area (Å²) in [5, 5.41) is 11.5. The Bertz CT molecular complexity index is 482. The number of carbonyl (C=O) groups excluding carboxylic acids is 1. The van der Waals surface area contributed by atoms with Crippen LogP contribution in [-0.2, 0) is 11.2 Å². The Morgan fingerprint density at radius 3 is 2.36 bits per heavy atom. The zero-order valence-corrected chi connectivity index (χ0v) is 13.5. The molecule has 5 nitrogen and oxygen atoms in total. The van der Waals surface area contributed by atoms with Crippen LogP contribution in [0.3, 0.4) is 0 Å². The van der Waals surface area contributed by atoms with Crippen LogP contribution in [0.2, 0.25) is 0 Å². The van der Waals surface area contributed by atoms with Gasteiger partial charge in [-0.1, -0.05) is 39.3 Å². The minimum atomic E-state index is -1.06. The molecule has 0 radical (unpaired) electrons. The molecule has 0 bridgehead atoms. The van der Waals surface area contributed by atoms with Crippen LogP contribution < -0.4 is 10.1 Å². The van der Waals surface area contributed by atoms with Crippen molar-refractivity contribution in [3.8, 4) is 5.75 Å². The molecule has 1 unspecified atom stereocenters. The van der Waals surface area contributed by atoms with E-state index in [9.17, 15) is 9.59 Å². The van der Waals surface area contributed by atoms with Crippen LogP contribution in [0.25, 0.3) is 0 Å². The van der Waals surface area contributed by atoms with E-state index in [1.807, 2.05) is 26.0 Å². The molecule has 122 valence electrons. The number of unbranched alkanes of at least 4 members (excludes halogenated alkanes) is 1. The first-order valence-corrected chi connectivity index (χ1v) is 7.72. The van der Waals surface area contributed by atoms with E-state index in [-0.39, 0.29) is 5.92 Å². The van der Waals surface area contributed by atoms with Crippen molar-refractivity contribution in [2.75, 3.05) is 0 Å². The van der Waals surface area contributed by atoms with Gasteiger partial charge in [-0.25, -0.2) is 9.59 Å². The molecule has 1 aromatic rings. The second-order valence-corrected chi connectivity index (χ2v) is 5.80. The van der Waals surface area contributed by atoms with Gasteiger partial charge in [0, 0.05) is 0 Å². The molecule has 0 aliphatic rings. The quantitative estimate of drug-likeness (QED) is 0.769. The van der Waals surface area contributed by atoms with Gasteiger partial charge in [0.25, 0.3) is 0 Å². The normalized spacial score (nSPS) is 12.0. The van der Waals surface area contributed by atoms with Crippen LogP contribution in [0.5, 0.6) is 5.75 Å². The van der Waals surface area contributed by atoms with E-state index in [4.69, 9.17) is 9.84 Å². The molecule has 0 heterocycles. The molecule has 1 rings (SSSR count). The molecule has 0 saturated heterocycles. The lowest BCUT2D eigenvalue weighted by atomic mass is 10.0. The smallest absolute Gasteiger partial charge is 0.413 e. The van der Waals surface area contributed by atoms with E-state index < -0.39 is 18.1 Å². The SMILES string of the molecule is CCCCc1ccc(OC(=O)NC(CC(C)C)C(=O)O)cc1. The van der Waals surface area contributed by atoms with Gasteiger partial charge in [0.05, 0.1) is 0 Å². The van der Waals surface area contributed by atoms with E-state index in [0.717, 1.165) is 19.3 Å². The van der Waals surface area contributed by atoms with Crippen molar-refractivity contribution in [3.63, 3.8) is 0 Å². The van der Waals surface area contributed by atoms with Crippen molar-refractivity contribution in [3.05, 3.63) is 29.8 Å². The van der Waals surface area contributed by atoms with Gasteiger partial charge in [-0.15, -0.1) is 0 Å². The number of hydrogen-bond acceptors (Lipinski definition) is 3. The molecule has 1 amide bonds. The Labute approximate surface area is 131 Å². The third-order valence-corrected chi connectivity index (χ3v) is 3.25. The number of carboxylic acid groups (broad SMARTS) is 1. The zero-order valence-electron chi connectivity index (χ0n) is 13.5. The summed E-state index contributed by atoms with van der Waals surface area (Å²) < 4.78 is 5.12. The summed E-state index contributed by atoms with van der Waals surface area (Å²) in [6.45, 7) is 5.94. The fourth-order valence-corrected chi connectivity index (χ4v) is 2.08. The van der Waals surface area contributed by atoms with Crippen molar-refractivity contribution in [2.24, 2.45) is 5.92 Å². The number of amides is 1. The molecule has 0 aliphatic heterocycles. The first-order valence-electron chi connectivity index (χ1n) is 7.72. The maximum atomic E-state index is 11.8. The standard InChI is InChI=1S/C17H25NO4/c1-4-5-6-13-7-9-14(10-8-13)22-17(21)18-15(16(19)20)11-12(2)3/h7-10,12,15H,4-6,11H2,1-3H3,(H,18,21)(H,19,20). The number of carbonyl (C=O) groups is 2. The summed E-state index contributed by atoms with van der Waals surface area (Å²) in [4.78, 5) is 22.9. The van der Waals surface area contributed by atoms with Crippen LogP contribution in [0, 0.1) is 5.92 Å². The van der Waals surface area contributed by atoms with Crippen molar-refractivity contribution in [1.29, 1.82) is 0 Å². The van der Waals surface area contributed by atoms with Gasteiger partial charge in [0.15, 0.2) is 0 Å². The molecular formula is C17H25NO4. The fraction of sp³-hybridized carbons (Fsp3) is 0.529. The number of aliphatic carboxylic acids is 1. The minimum Gasteiger partial charge on any atom is -0.480 e. The van der Waals surface area contributed by atoms with Crippen molar-refractivity contribution in [1.82, 2.24) is 5.32 Å². The number of benzene rings is 1. The molecule has 1 aromatic carbocycles. The Hall–Kier alpha value is -2.04. The van der Waals surface area contributed by atoms with E-state index >= 15 is 0 Å². The van der Waals surface area contributed by atoms with E-state index in [2.05, 4.69) is 12.2 Å². The molecule has 2 N–H and O–H groups in total. The van der Waals surface area contributed by atoms with E-state index in [1.54, 1.807) is 12.1 Å². The topological polar surface area (TPSA) is 75.6 Å². The highest BCUT2D eigenvalue weighted by Crippen LogP contribution is 2.14. The first-order chi connectivity index (χ1) is 10.4. The Morgan fingerprint density at radius 1 is 1.23 bits per heavy atom. The Balaban J connectivity index is 2.54. The maximum Gasteiger partial charge on any atom is 0.413 e. The average Bonchev–Trinajstić information content (AvgIpc) is 2.45. The van der Waals surface area contributed by atoms with Crippen LogP contribution in [-0.4, -0.2) is 23.2 Å². The minimum absolute atomic E-state index is 0.166. The summed E-state index contributed by atoms with van der Waals surface area (Å²) in [5.74, 6) is -0.480. The molecular weight excluding hydrogens is 282 g/mol. The van der Waals surface area contributed by atoms with Crippen molar-refractivity contribution in [2.45, 2.75) is 52.5 Å². The number of hydrogen-bond donors (Lipinski definition) is 2. The van der Waals surface area contributed by atoms with E-state index in [1.165, 1.54) is 5.56 Å². The highest BCUT2D eigenvalue weighted by molar-refractivity contribution is 5.80. The summed E-state index contributed by atoms with van der Waals surface area (Å²) in [7, 11) is 0. The number of carboxylic acids is 1. The molecule has 1 atom stereocenters. The molecule has 0 saturated carbocycles. The van der Waals surface area contributed by atoms with Crippen LogP contribution >= 0.6 is 0 Å². The number of aryl methyl sites for hydroxylation is 1. The lowest BCUT2D eigenvalue weighted by molar-refractivity contribution is -0.139. The molecule has 0 spiro atoms. The van der Waals surface area contributed by atoms with Crippen LogP contribution in [0.15, 0.2) is 24.3 Å². The summed E-state index contributed by atoms with van der Waals surface area (Å²) in [6.07, 6.45) is 2.87. The van der Waals surface area contributed by atoms with Gasteiger partial charge in [-0.2, -0.15) is 0 Å². The van der Waals surface area contributed by atoms with Gasteiger partial charge in [-0.3, -0.25) is 0 Å². The largest absolute Gasteiger partial charge is 0.480 e. The molecule has 0 aromatic heterocycles. The Morgan fingerprint density at radius 2 is 1.86 bits per heavy atom. The number of rotatable bonds is 8. The molecule has 0 fully saturated rings. The fourth-order valence-electron chi connectivity index (χ4n) is 2.08. The lowest BCUT2D eigenvalue weighted by Crippen LogP contribution is -2.43. The highest BCUT2D eigenvalue weighted by atomic mass is 16.6. The predicted octanol–water partition coefficient (Wildman–Crippen LogP) is 3.62. The maximum absolute atomic E-state index is 11.8. The Kier molecular flexibility index (Phi) is 7.43. The summed E-state index contributed by atoms with van der Waals surface area (Å²) >= 11 is 0. The highest BCUT2D eigenvalue weighted by Gasteiger charge is 2.21.